The van der Waals surface area contributed by atoms with Crippen LogP contribution >= 0.6 is 0 Å². The number of carboxylic acids is 2. The Hall–Kier alpha value is -1.44. The van der Waals surface area contributed by atoms with Crippen molar-refractivity contribution >= 4 is 11.9 Å². The van der Waals surface area contributed by atoms with Crippen molar-refractivity contribution in [2.24, 2.45) is 0 Å². The first kappa shape index (κ1) is 23.8. The number of hydrogen-bond acceptors (Lipinski definition) is 5. The normalized spacial score (nSPS) is 10.9. The van der Waals surface area contributed by atoms with E-state index in [0.717, 1.165) is 39.3 Å². The Labute approximate surface area is 140 Å². The highest BCUT2D eigenvalue weighted by Gasteiger charge is 1.99. The standard InChI is InChI=1S/C12H29N3.C4H4O4/c1-5-14(6-2)11-9-13-10-12-15(7-3)8-4;5-3(6)1-2-4(7)8/h13H,5-12H2,1-4H3;1-2H,(H,5,6)(H,7,8). The highest BCUT2D eigenvalue weighted by molar-refractivity contribution is 5.89. The highest BCUT2D eigenvalue weighted by atomic mass is 16.4. The van der Waals surface area contributed by atoms with Crippen LogP contribution in [0.25, 0.3) is 0 Å². The molecule has 7 nitrogen and oxygen atoms in total. The fourth-order valence-corrected chi connectivity index (χ4v) is 1.82. The smallest absolute Gasteiger partial charge is 0.328 e. The quantitative estimate of drug-likeness (QED) is 0.362. The van der Waals surface area contributed by atoms with Gasteiger partial charge in [0.2, 0.25) is 0 Å². The lowest BCUT2D eigenvalue weighted by atomic mass is 10.4. The molecule has 0 rings (SSSR count). The summed E-state index contributed by atoms with van der Waals surface area (Å²) in [5, 5.41) is 19.1. The SMILES string of the molecule is CCN(CC)CCNCCN(CC)CC.O=C(O)C=CC(=O)O. The third kappa shape index (κ3) is 18.5. The van der Waals surface area contributed by atoms with Crippen LogP contribution in [0.5, 0.6) is 0 Å². The van der Waals surface area contributed by atoms with Gasteiger partial charge in [-0.2, -0.15) is 0 Å². The Morgan fingerprint density at radius 1 is 0.783 bits per heavy atom. The third-order valence-corrected chi connectivity index (χ3v) is 3.37. The average molecular weight is 331 g/mol. The van der Waals surface area contributed by atoms with E-state index in [-0.39, 0.29) is 0 Å². The number of likely N-dealkylation sites (N-methyl/N-ethyl adjacent to an activating group) is 2. The minimum atomic E-state index is -1.26. The molecule has 0 radical (unpaired) electrons. The van der Waals surface area contributed by atoms with Gasteiger partial charge in [0, 0.05) is 38.3 Å². The van der Waals surface area contributed by atoms with Crippen LogP contribution in [0.4, 0.5) is 0 Å². The van der Waals surface area contributed by atoms with Crippen LogP contribution in [0.2, 0.25) is 0 Å². The maximum atomic E-state index is 9.55. The monoisotopic (exact) mass is 331 g/mol. The predicted octanol–water partition coefficient (Wildman–Crippen LogP) is 0.971. The largest absolute Gasteiger partial charge is 0.478 e. The van der Waals surface area contributed by atoms with Crippen LogP contribution in [-0.2, 0) is 9.59 Å². The second-order valence-electron chi connectivity index (χ2n) is 4.81. The van der Waals surface area contributed by atoms with Crippen molar-refractivity contribution in [1.29, 1.82) is 0 Å². The van der Waals surface area contributed by atoms with Crippen molar-refractivity contribution < 1.29 is 19.8 Å². The van der Waals surface area contributed by atoms with E-state index < -0.39 is 11.9 Å². The minimum Gasteiger partial charge on any atom is -0.478 e. The molecule has 0 saturated heterocycles. The molecule has 0 aliphatic rings. The van der Waals surface area contributed by atoms with Crippen LogP contribution in [-0.4, -0.2) is 84.3 Å². The molecule has 0 bridgehead atoms. The summed E-state index contributed by atoms with van der Waals surface area (Å²) in [5.74, 6) is -2.51. The van der Waals surface area contributed by atoms with Gasteiger partial charge >= 0.3 is 11.9 Å². The Kier molecular flexibility index (Phi) is 17.5. The molecule has 0 atom stereocenters. The topological polar surface area (TPSA) is 93.1 Å². The second kappa shape index (κ2) is 16.9. The number of nitrogens with zero attached hydrogens (tertiary/aromatic N) is 2. The molecule has 0 unspecified atom stereocenters. The lowest BCUT2D eigenvalue weighted by molar-refractivity contribution is -0.134. The molecular formula is C16H33N3O4. The van der Waals surface area contributed by atoms with Gasteiger partial charge in [0.05, 0.1) is 0 Å². The van der Waals surface area contributed by atoms with E-state index in [9.17, 15) is 9.59 Å². The zero-order chi connectivity index (χ0) is 18.1. The number of carboxylic acid groups (broad SMARTS) is 2. The van der Waals surface area contributed by atoms with Crippen LogP contribution in [0.15, 0.2) is 12.2 Å². The number of rotatable bonds is 12. The summed E-state index contributed by atoms with van der Waals surface area (Å²) < 4.78 is 0. The molecule has 0 aliphatic heterocycles. The van der Waals surface area contributed by atoms with Crippen molar-refractivity contribution in [3.8, 4) is 0 Å². The highest BCUT2D eigenvalue weighted by Crippen LogP contribution is 1.86. The van der Waals surface area contributed by atoms with Gasteiger partial charge < -0.3 is 25.3 Å². The summed E-state index contributed by atoms with van der Waals surface area (Å²) in [6.45, 7) is 18.1. The fraction of sp³-hybridized carbons (Fsp3) is 0.750. The zero-order valence-electron chi connectivity index (χ0n) is 14.9. The zero-order valence-corrected chi connectivity index (χ0v) is 14.9. The molecule has 0 amide bonds. The number of hydrogen-bond donors (Lipinski definition) is 3. The van der Waals surface area contributed by atoms with Crippen molar-refractivity contribution in [2.45, 2.75) is 27.7 Å². The van der Waals surface area contributed by atoms with Gasteiger partial charge in [-0.25, -0.2) is 9.59 Å². The number of nitrogens with one attached hydrogen (secondary N) is 1. The molecule has 23 heavy (non-hydrogen) atoms. The summed E-state index contributed by atoms with van der Waals surface area (Å²) in [6.07, 6.45) is 1.12. The Bertz CT molecular complexity index is 297. The lowest BCUT2D eigenvalue weighted by Crippen LogP contribution is -2.36. The summed E-state index contributed by atoms with van der Waals surface area (Å²) in [4.78, 5) is 24.0. The molecule has 0 saturated carbocycles. The predicted molar refractivity (Wildman–Crippen MR) is 92.9 cm³/mol. The van der Waals surface area contributed by atoms with E-state index in [1.807, 2.05) is 0 Å². The molecule has 0 aliphatic carbocycles. The average Bonchev–Trinajstić information content (AvgIpc) is 2.53. The van der Waals surface area contributed by atoms with Gasteiger partial charge in [0.15, 0.2) is 0 Å². The Balaban J connectivity index is 0. The van der Waals surface area contributed by atoms with Gasteiger partial charge in [-0.05, 0) is 26.2 Å². The maximum Gasteiger partial charge on any atom is 0.328 e. The molecule has 0 aromatic carbocycles. The van der Waals surface area contributed by atoms with E-state index in [4.69, 9.17) is 10.2 Å². The second-order valence-corrected chi connectivity index (χ2v) is 4.81. The van der Waals surface area contributed by atoms with Gasteiger partial charge in [0.1, 0.15) is 0 Å². The molecule has 0 heterocycles. The van der Waals surface area contributed by atoms with E-state index in [1.54, 1.807) is 0 Å². The molecule has 0 aromatic heterocycles. The minimum absolute atomic E-state index is 0.558. The number of carbonyl (C=O) groups is 2. The molecule has 3 N–H and O–H groups in total. The van der Waals surface area contributed by atoms with Gasteiger partial charge in [-0.1, -0.05) is 27.7 Å². The van der Waals surface area contributed by atoms with Gasteiger partial charge in [0.25, 0.3) is 0 Å². The third-order valence-electron chi connectivity index (χ3n) is 3.37. The molecule has 136 valence electrons. The maximum absolute atomic E-state index is 9.55. The van der Waals surface area contributed by atoms with Gasteiger partial charge in [-0.3, -0.25) is 0 Å². The van der Waals surface area contributed by atoms with Gasteiger partial charge in [-0.15, -0.1) is 0 Å². The van der Waals surface area contributed by atoms with Crippen molar-refractivity contribution in [3.63, 3.8) is 0 Å². The van der Waals surface area contributed by atoms with Crippen molar-refractivity contribution in [1.82, 2.24) is 15.1 Å². The van der Waals surface area contributed by atoms with Crippen LogP contribution in [0.1, 0.15) is 27.7 Å². The van der Waals surface area contributed by atoms with E-state index in [0.29, 0.717) is 12.2 Å². The van der Waals surface area contributed by atoms with E-state index in [1.165, 1.54) is 13.1 Å². The summed E-state index contributed by atoms with van der Waals surface area (Å²) >= 11 is 0. The first-order valence-electron chi connectivity index (χ1n) is 8.20. The van der Waals surface area contributed by atoms with E-state index in [2.05, 4.69) is 42.8 Å². The van der Waals surface area contributed by atoms with Crippen molar-refractivity contribution in [3.05, 3.63) is 12.2 Å². The van der Waals surface area contributed by atoms with Crippen LogP contribution in [0, 0.1) is 0 Å². The van der Waals surface area contributed by atoms with E-state index >= 15 is 0 Å². The lowest BCUT2D eigenvalue weighted by Gasteiger charge is -2.20. The van der Waals surface area contributed by atoms with Crippen LogP contribution in [0.3, 0.4) is 0 Å². The molecule has 0 aromatic rings. The molecule has 7 heteroatoms. The van der Waals surface area contributed by atoms with Crippen LogP contribution < -0.4 is 5.32 Å². The molecule has 0 spiro atoms. The summed E-state index contributed by atoms with van der Waals surface area (Å²) in [5.41, 5.74) is 0. The summed E-state index contributed by atoms with van der Waals surface area (Å²) in [7, 11) is 0. The fourth-order valence-electron chi connectivity index (χ4n) is 1.82. The molecular weight excluding hydrogens is 298 g/mol. The first-order valence-corrected chi connectivity index (χ1v) is 8.20. The Morgan fingerprint density at radius 3 is 1.30 bits per heavy atom. The Morgan fingerprint density at radius 2 is 1.09 bits per heavy atom. The first-order chi connectivity index (χ1) is 10.9. The molecule has 0 fully saturated rings. The number of aliphatic carboxylic acids is 2. The summed E-state index contributed by atoms with van der Waals surface area (Å²) in [6, 6.07) is 0. The van der Waals surface area contributed by atoms with Crippen molar-refractivity contribution in [2.75, 3.05) is 52.4 Å².